The van der Waals surface area contributed by atoms with Gasteiger partial charge in [0.1, 0.15) is 23.0 Å². The van der Waals surface area contributed by atoms with Crippen molar-refractivity contribution in [1.29, 1.82) is 0 Å². The number of hydrogen-bond acceptors (Lipinski definition) is 4. The maximum absolute atomic E-state index is 6.48. The molecule has 62 heavy (non-hydrogen) atoms. The van der Waals surface area contributed by atoms with E-state index in [1.54, 1.807) is 0 Å². The van der Waals surface area contributed by atoms with E-state index in [1.165, 1.54) is 33.6 Å². The lowest BCUT2D eigenvalue weighted by Crippen LogP contribution is -2.30. The van der Waals surface area contributed by atoms with Crippen LogP contribution in [0, 0.1) is 0 Å². The largest absolute Gasteiger partial charge is 0.457 e. The van der Waals surface area contributed by atoms with Gasteiger partial charge in [0.2, 0.25) is 0 Å². The number of benzene rings is 7. The highest BCUT2D eigenvalue weighted by atomic mass is 16.5. The first-order valence-electron chi connectivity index (χ1n) is 21.6. The Hall–Kier alpha value is -6.91. The number of nitrogens with zero attached hydrogens (tertiary/aromatic N) is 2. The average Bonchev–Trinajstić information content (AvgIpc) is 3.26. The molecular formula is C58H54N2O2. The number of anilines is 3. The van der Waals surface area contributed by atoms with Crippen LogP contribution in [0.15, 0.2) is 182 Å². The second kappa shape index (κ2) is 15.8. The molecule has 4 nitrogen and oxygen atoms in total. The Morgan fingerprint density at radius 3 is 1.32 bits per heavy atom. The van der Waals surface area contributed by atoms with Crippen LogP contribution in [0.2, 0.25) is 0 Å². The van der Waals surface area contributed by atoms with E-state index in [0.29, 0.717) is 11.5 Å². The van der Waals surface area contributed by atoms with Crippen molar-refractivity contribution in [1.82, 2.24) is 4.98 Å². The van der Waals surface area contributed by atoms with Crippen molar-refractivity contribution in [3.63, 3.8) is 0 Å². The summed E-state index contributed by atoms with van der Waals surface area (Å²) in [5.41, 5.74) is 14.3. The third-order valence-corrected chi connectivity index (χ3v) is 12.0. The molecule has 0 atom stereocenters. The lowest BCUT2D eigenvalue weighted by Gasteiger charge is -2.42. The van der Waals surface area contributed by atoms with Crippen LogP contribution in [0.3, 0.4) is 0 Å². The topological polar surface area (TPSA) is 34.6 Å². The lowest BCUT2D eigenvalue weighted by molar-refractivity contribution is 0.460. The molecule has 9 rings (SSSR count). The van der Waals surface area contributed by atoms with Crippen molar-refractivity contribution >= 4 is 17.1 Å². The van der Waals surface area contributed by atoms with E-state index in [-0.39, 0.29) is 16.2 Å². The van der Waals surface area contributed by atoms with Crippen LogP contribution >= 0.6 is 0 Å². The van der Waals surface area contributed by atoms with Crippen LogP contribution in [-0.2, 0) is 16.2 Å². The van der Waals surface area contributed by atoms with Gasteiger partial charge >= 0.3 is 0 Å². The fraction of sp³-hybridized carbons (Fsp3) is 0.190. The molecule has 1 aromatic heterocycles. The number of ether oxygens (including phenoxy) is 2. The average molecular weight is 811 g/mol. The smallest absolute Gasteiger partial charge is 0.131 e. The maximum atomic E-state index is 6.48. The Labute approximate surface area is 367 Å². The number of fused-ring (bicyclic) bond motifs is 2. The van der Waals surface area contributed by atoms with Crippen LogP contribution < -0.4 is 14.4 Å². The second-order valence-electron chi connectivity index (χ2n) is 19.0. The standard InChI is InChI=1S/C58H54N2O2/c1-56(2,3)43-31-40(32-44(37-43)57(4,5)6)41-35-52(39-27-29-45(30-28-39)60-54-25-17-15-23-50(54)58(7,8)51-24-16-18-26-55(51)60)59-53(36-41)42-33-48(61-46-19-11-9-12-20-46)38-49(34-42)62-47-21-13-10-14-22-47/h9-38H,1-8H3. The summed E-state index contributed by atoms with van der Waals surface area (Å²) in [4.78, 5) is 7.84. The zero-order valence-corrected chi connectivity index (χ0v) is 37.0. The highest BCUT2D eigenvalue weighted by Gasteiger charge is 2.36. The van der Waals surface area contributed by atoms with Crippen LogP contribution in [-0.4, -0.2) is 4.98 Å². The summed E-state index contributed by atoms with van der Waals surface area (Å²) in [6.07, 6.45) is 0. The molecule has 7 aromatic carbocycles. The second-order valence-corrected chi connectivity index (χ2v) is 19.0. The number of para-hydroxylation sites is 4. The molecule has 0 fully saturated rings. The fourth-order valence-electron chi connectivity index (χ4n) is 8.47. The normalized spacial score (nSPS) is 13.3. The van der Waals surface area contributed by atoms with E-state index in [2.05, 4.69) is 176 Å². The van der Waals surface area contributed by atoms with Crippen LogP contribution in [0.4, 0.5) is 17.1 Å². The Kier molecular flexibility index (Phi) is 10.3. The summed E-state index contributed by atoms with van der Waals surface area (Å²) in [7, 11) is 0. The Balaban J connectivity index is 1.21. The van der Waals surface area contributed by atoms with E-state index in [4.69, 9.17) is 14.5 Å². The summed E-state index contributed by atoms with van der Waals surface area (Å²) in [5, 5.41) is 0. The predicted molar refractivity (Wildman–Crippen MR) is 258 cm³/mol. The Bertz CT molecular complexity index is 2740. The zero-order valence-electron chi connectivity index (χ0n) is 37.0. The Morgan fingerprint density at radius 1 is 0.403 bits per heavy atom. The van der Waals surface area contributed by atoms with Gasteiger partial charge in [-0.15, -0.1) is 0 Å². The fourth-order valence-corrected chi connectivity index (χ4v) is 8.47. The van der Waals surface area contributed by atoms with Crippen molar-refractivity contribution in [2.24, 2.45) is 0 Å². The summed E-state index contributed by atoms with van der Waals surface area (Å²) in [5.74, 6) is 2.81. The van der Waals surface area contributed by atoms with Gasteiger partial charge in [0, 0.05) is 28.3 Å². The van der Waals surface area contributed by atoms with Crippen molar-refractivity contribution in [3.05, 3.63) is 204 Å². The molecule has 1 aliphatic rings. The monoisotopic (exact) mass is 810 g/mol. The number of aromatic nitrogens is 1. The number of pyridine rings is 1. The van der Waals surface area contributed by atoms with Gasteiger partial charge in [-0.2, -0.15) is 0 Å². The number of rotatable bonds is 8. The molecule has 0 unspecified atom stereocenters. The molecule has 1 aliphatic heterocycles. The molecule has 8 aromatic rings. The Morgan fingerprint density at radius 2 is 0.839 bits per heavy atom. The quantitative estimate of drug-likeness (QED) is 0.153. The van der Waals surface area contributed by atoms with Gasteiger partial charge in [-0.3, -0.25) is 0 Å². The molecule has 308 valence electrons. The molecule has 0 N–H and O–H groups in total. The van der Waals surface area contributed by atoms with Crippen LogP contribution in [0.5, 0.6) is 23.0 Å². The van der Waals surface area contributed by atoms with Crippen molar-refractivity contribution < 1.29 is 9.47 Å². The van der Waals surface area contributed by atoms with E-state index in [0.717, 1.165) is 50.8 Å². The minimum Gasteiger partial charge on any atom is -0.457 e. The van der Waals surface area contributed by atoms with E-state index in [9.17, 15) is 0 Å². The SMILES string of the molecule is CC(C)(C)c1cc(-c2cc(-c3ccc(N4c5ccccc5C(C)(C)c5ccccc54)cc3)nc(-c3cc(Oc4ccccc4)cc(Oc4ccccc4)c3)c2)cc(C(C)(C)C)c1. The highest BCUT2D eigenvalue weighted by Crippen LogP contribution is 2.52. The van der Waals surface area contributed by atoms with Gasteiger partial charge < -0.3 is 14.4 Å². The molecule has 2 heterocycles. The third kappa shape index (κ3) is 8.13. The minimum atomic E-state index is -0.128. The van der Waals surface area contributed by atoms with Crippen LogP contribution in [0.25, 0.3) is 33.6 Å². The van der Waals surface area contributed by atoms with E-state index >= 15 is 0 Å². The first-order valence-corrected chi connectivity index (χ1v) is 21.6. The van der Waals surface area contributed by atoms with Crippen molar-refractivity contribution in [2.45, 2.75) is 71.6 Å². The summed E-state index contributed by atoms with van der Waals surface area (Å²) in [6.45, 7) is 18.4. The van der Waals surface area contributed by atoms with Crippen molar-refractivity contribution in [2.75, 3.05) is 4.90 Å². The lowest BCUT2D eigenvalue weighted by atomic mass is 9.73. The maximum Gasteiger partial charge on any atom is 0.131 e. The van der Waals surface area contributed by atoms with Crippen LogP contribution in [0.1, 0.15) is 77.6 Å². The molecule has 0 radical (unpaired) electrons. The highest BCUT2D eigenvalue weighted by molar-refractivity contribution is 5.87. The first kappa shape index (κ1) is 40.5. The summed E-state index contributed by atoms with van der Waals surface area (Å²) in [6, 6.07) is 63.8. The van der Waals surface area contributed by atoms with Gasteiger partial charge in [-0.05, 0) is 117 Å². The number of hydrogen-bond donors (Lipinski definition) is 0. The molecule has 0 bridgehead atoms. The summed E-state index contributed by atoms with van der Waals surface area (Å²) >= 11 is 0. The predicted octanol–water partition coefficient (Wildman–Crippen LogP) is 16.4. The van der Waals surface area contributed by atoms with Gasteiger partial charge in [0.05, 0.1) is 22.8 Å². The van der Waals surface area contributed by atoms with Gasteiger partial charge in [0.25, 0.3) is 0 Å². The molecule has 0 amide bonds. The van der Waals surface area contributed by atoms with E-state index in [1.807, 2.05) is 66.7 Å². The third-order valence-electron chi connectivity index (χ3n) is 12.0. The molecular weight excluding hydrogens is 757 g/mol. The van der Waals surface area contributed by atoms with Gasteiger partial charge in [0.15, 0.2) is 0 Å². The zero-order chi connectivity index (χ0) is 43.2. The summed E-state index contributed by atoms with van der Waals surface area (Å²) < 4.78 is 13.0. The van der Waals surface area contributed by atoms with Crippen molar-refractivity contribution in [3.8, 4) is 56.6 Å². The molecule has 0 saturated heterocycles. The molecule has 4 heteroatoms. The minimum absolute atomic E-state index is 0.0434. The molecule has 0 aliphatic carbocycles. The molecule has 0 spiro atoms. The van der Waals surface area contributed by atoms with Gasteiger partial charge in [-0.25, -0.2) is 4.98 Å². The van der Waals surface area contributed by atoms with E-state index < -0.39 is 0 Å². The van der Waals surface area contributed by atoms with Gasteiger partial charge in [-0.1, -0.05) is 159 Å². The first-order chi connectivity index (χ1) is 29.7. The molecule has 0 saturated carbocycles.